The molecule has 0 aromatic heterocycles. The van der Waals surface area contributed by atoms with Crippen LogP contribution in [0.1, 0.15) is 48.9 Å². The normalized spacial score (nSPS) is 10.4. The average molecular weight is 332 g/mol. The molecule has 0 saturated carbocycles. The highest BCUT2D eigenvalue weighted by atomic mass is 35.5. The van der Waals surface area contributed by atoms with Crippen LogP contribution >= 0.6 is 23.2 Å². The molecule has 1 amide bonds. The average Bonchev–Trinajstić information content (AvgIpc) is 2.41. The summed E-state index contributed by atoms with van der Waals surface area (Å²) in [4.78, 5) is 22.3. The van der Waals surface area contributed by atoms with Crippen molar-refractivity contribution in [1.82, 2.24) is 5.32 Å². The number of carboxylic acid groups (broad SMARTS) is 1. The number of carboxylic acids is 1. The molecule has 21 heavy (non-hydrogen) atoms. The van der Waals surface area contributed by atoms with Crippen molar-refractivity contribution in [2.45, 2.75) is 38.5 Å². The first-order valence-electron chi connectivity index (χ1n) is 6.96. The Morgan fingerprint density at radius 3 is 2.19 bits per heavy atom. The van der Waals surface area contributed by atoms with Crippen LogP contribution < -0.4 is 5.32 Å². The minimum Gasteiger partial charge on any atom is -0.481 e. The van der Waals surface area contributed by atoms with Gasteiger partial charge in [-0.25, -0.2) is 0 Å². The standard InChI is InChI=1S/C15H19Cl2NO3/c16-11-7-6-8-12(17)14(11)15(21)18-10-5-3-1-2-4-9-13(19)20/h6-8H,1-5,9-10H2,(H,18,21)(H,19,20). The number of hydrogen-bond acceptors (Lipinski definition) is 2. The highest BCUT2D eigenvalue weighted by Gasteiger charge is 2.13. The summed E-state index contributed by atoms with van der Waals surface area (Å²) in [7, 11) is 0. The van der Waals surface area contributed by atoms with Crippen molar-refractivity contribution >= 4 is 35.1 Å². The highest BCUT2D eigenvalue weighted by Crippen LogP contribution is 2.23. The predicted molar refractivity (Wildman–Crippen MR) is 84.1 cm³/mol. The number of hydrogen-bond donors (Lipinski definition) is 2. The molecule has 0 radical (unpaired) electrons. The predicted octanol–water partition coefficient (Wildman–Crippen LogP) is 4.15. The first-order valence-corrected chi connectivity index (χ1v) is 7.72. The van der Waals surface area contributed by atoms with Crippen molar-refractivity contribution in [3.05, 3.63) is 33.8 Å². The fourth-order valence-electron chi connectivity index (χ4n) is 1.94. The Labute approximate surface area is 134 Å². The Morgan fingerprint density at radius 2 is 1.57 bits per heavy atom. The molecule has 6 heteroatoms. The van der Waals surface area contributed by atoms with E-state index in [9.17, 15) is 9.59 Å². The van der Waals surface area contributed by atoms with Gasteiger partial charge in [0.2, 0.25) is 0 Å². The maximum absolute atomic E-state index is 12.0. The van der Waals surface area contributed by atoms with Crippen molar-refractivity contribution in [3.63, 3.8) is 0 Å². The zero-order chi connectivity index (χ0) is 15.7. The molecule has 4 nitrogen and oxygen atoms in total. The van der Waals surface area contributed by atoms with Crippen LogP contribution in [0.15, 0.2) is 18.2 Å². The molecular formula is C15H19Cl2NO3. The van der Waals surface area contributed by atoms with Crippen LogP contribution in [-0.4, -0.2) is 23.5 Å². The number of carbonyl (C=O) groups is 2. The summed E-state index contributed by atoms with van der Waals surface area (Å²) in [6.07, 6.45) is 4.60. The second kappa shape index (κ2) is 9.64. The molecule has 0 aliphatic heterocycles. The number of nitrogens with one attached hydrogen (secondary N) is 1. The van der Waals surface area contributed by atoms with Crippen LogP contribution in [0.2, 0.25) is 10.0 Å². The second-order valence-corrected chi connectivity index (χ2v) is 5.58. The zero-order valence-corrected chi connectivity index (χ0v) is 13.2. The molecule has 0 unspecified atom stereocenters. The summed E-state index contributed by atoms with van der Waals surface area (Å²) in [6.45, 7) is 0.555. The van der Waals surface area contributed by atoms with Crippen LogP contribution in [0.3, 0.4) is 0 Å². The largest absolute Gasteiger partial charge is 0.481 e. The molecule has 1 aromatic rings. The molecule has 0 spiro atoms. The molecule has 116 valence electrons. The van der Waals surface area contributed by atoms with Crippen LogP contribution in [0.4, 0.5) is 0 Å². The molecular weight excluding hydrogens is 313 g/mol. The Bertz CT molecular complexity index is 472. The summed E-state index contributed by atoms with van der Waals surface area (Å²) in [5, 5.41) is 12.0. The van der Waals surface area contributed by atoms with Crippen molar-refractivity contribution in [2.24, 2.45) is 0 Å². The highest BCUT2D eigenvalue weighted by molar-refractivity contribution is 6.39. The van der Waals surface area contributed by atoms with E-state index in [0.29, 0.717) is 28.6 Å². The molecule has 0 saturated heterocycles. The van der Waals surface area contributed by atoms with Crippen molar-refractivity contribution in [3.8, 4) is 0 Å². The maximum Gasteiger partial charge on any atom is 0.303 e. The fraction of sp³-hybridized carbons (Fsp3) is 0.467. The number of rotatable bonds is 9. The number of unbranched alkanes of at least 4 members (excludes halogenated alkanes) is 4. The molecule has 0 aliphatic rings. The molecule has 0 fully saturated rings. The molecule has 2 N–H and O–H groups in total. The summed E-state index contributed by atoms with van der Waals surface area (Å²) in [5.41, 5.74) is 0.308. The Kier molecular flexibility index (Phi) is 8.16. The van der Waals surface area contributed by atoms with Crippen molar-refractivity contribution in [1.29, 1.82) is 0 Å². The minimum atomic E-state index is -0.751. The monoisotopic (exact) mass is 331 g/mol. The Balaban J connectivity index is 2.18. The van der Waals surface area contributed by atoms with Crippen molar-refractivity contribution < 1.29 is 14.7 Å². The van der Waals surface area contributed by atoms with E-state index in [1.807, 2.05) is 0 Å². The smallest absolute Gasteiger partial charge is 0.303 e. The van der Waals surface area contributed by atoms with Gasteiger partial charge in [0.25, 0.3) is 5.91 Å². The number of halogens is 2. The van der Waals surface area contributed by atoms with E-state index in [4.69, 9.17) is 28.3 Å². The van der Waals surface area contributed by atoms with E-state index < -0.39 is 5.97 Å². The summed E-state index contributed by atoms with van der Waals surface area (Å²) in [6, 6.07) is 4.95. The lowest BCUT2D eigenvalue weighted by Gasteiger charge is -2.08. The second-order valence-electron chi connectivity index (χ2n) is 4.76. The van der Waals surface area contributed by atoms with Gasteiger partial charge in [-0.05, 0) is 25.0 Å². The van der Waals surface area contributed by atoms with Crippen LogP contribution in [0, 0.1) is 0 Å². The van der Waals surface area contributed by atoms with Gasteiger partial charge < -0.3 is 10.4 Å². The summed E-state index contributed by atoms with van der Waals surface area (Å²) >= 11 is 11.9. The molecule has 1 rings (SSSR count). The van der Waals surface area contributed by atoms with E-state index >= 15 is 0 Å². The summed E-state index contributed by atoms with van der Waals surface area (Å²) < 4.78 is 0. The molecule has 0 atom stereocenters. The first-order chi connectivity index (χ1) is 10.0. The number of carbonyl (C=O) groups excluding carboxylic acids is 1. The lowest BCUT2D eigenvalue weighted by Crippen LogP contribution is -2.25. The van der Waals surface area contributed by atoms with Gasteiger partial charge in [0.05, 0.1) is 15.6 Å². The molecule has 0 bridgehead atoms. The molecule has 0 heterocycles. The van der Waals surface area contributed by atoms with E-state index in [0.717, 1.165) is 25.7 Å². The van der Waals surface area contributed by atoms with Gasteiger partial charge in [-0.1, -0.05) is 48.5 Å². The van der Waals surface area contributed by atoms with E-state index in [1.54, 1.807) is 18.2 Å². The van der Waals surface area contributed by atoms with Crippen LogP contribution in [-0.2, 0) is 4.79 Å². The zero-order valence-electron chi connectivity index (χ0n) is 11.7. The third-order valence-corrected chi connectivity index (χ3v) is 3.67. The minimum absolute atomic E-state index is 0.224. The van der Waals surface area contributed by atoms with Gasteiger partial charge in [-0.3, -0.25) is 9.59 Å². The maximum atomic E-state index is 12.0. The van der Waals surface area contributed by atoms with E-state index in [2.05, 4.69) is 5.32 Å². The number of benzene rings is 1. The fourth-order valence-corrected chi connectivity index (χ4v) is 2.51. The van der Waals surface area contributed by atoms with Crippen molar-refractivity contribution in [2.75, 3.05) is 6.54 Å². The Morgan fingerprint density at radius 1 is 1.00 bits per heavy atom. The number of aliphatic carboxylic acids is 1. The lowest BCUT2D eigenvalue weighted by molar-refractivity contribution is -0.137. The topological polar surface area (TPSA) is 66.4 Å². The SMILES string of the molecule is O=C(O)CCCCCCCNC(=O)c1c(Cl)cccc1Cl. The van der Waals surface area contributed by atoms with Gasteiger partial charge in [0, 0.05) is 13.0 Å². The van der Waals surface area contributed by atoms with Gasteiger partial charge in [-0.2, -0.15) is 0 Å². The van der Waals surface area contributed by atoms with Gasteiger partial charge in [0.15, 0.2) is 0 Å². The van der Waals surface area contributed by atoms with E-state index in [-0.39, 0.29) is 12.3 Å². The lowest BCUT2D eigenvalue weighted by atomic mass is 10.1. The Hall–Kier alpha value is -1.26. The molecule has 1 aromatic carbocycles. The first kappa shape index (κ1) is 17.8. The summed E-state index contributed by atoms with van der Waals surface area (Å²) in [5.74, 6) is -1.02. The third-order valence-electron chi connectivity index (χ3n) is 3.04. The van der Waals surface area contributed by atoms with Gasteiger partial charge >= 0.3 is 5.97 Å². The van der Waals surface area contributed by atoms with Gasteiger partial charge in [-0.15, -0.1) is 0 Å². The quantitative estimate of drug-likeness (QED) is 0.668. The number of amides is 1. The van der Waals surface area contributed by atoms with Crippen LogP contribution in [0.25, 0.3) is 0 Å². The van der Waals surface area contributed by atoms with Crippen LogP contribution in [0.5, 0.6) is 0 Å². The van der Waals surface area contributed by atoms with Gasteiger partial charge in [0.1, 0.15) is 0 Å². The van der Waals surface area contributed by atoms with E-state index in [1.165, 1.54) is 0 Å². The third kappa shape index (κ3) is 6.82. The molecule has 0 aliphatic carbocycles.